The van der Waals surface area contributed by atoms with Gasteiger partial charge in [0, 0.05) is 24.2 Å². The Labute approximate surface area is 141 Å². The molecule has 0 atom stereocenters. The zero-order valence-electron chi connectivity index (χ0n) is 13.5. The van der Waals surface area contributed by atoms with Gasteiger partial charge in [0.05, 0.1) is 6.04 Å². The zero-order valence-corrected chi connectivity index (χ0v) is 13.5. The van der Waals surface area contributed by atoms with Crippen LogP contribution >= 0.6 is 0 Å². The second-order valence-electron chi connectivity index (χ2n) is 6.24. The molecule has 1 saturated heterocycles. The molecule has 2 heterocycles. The number of hydrogen-bond acceptors (Lipinski definition) is 3. The molecule has 0 saturated carbocycles. The zero-order chi connectivity index (χ0) is 16.4. The van der Waals surface area contributed by atoms with E-state index in [0.29, 0.717) is 0 Å². The molecule has 2 aliphatic rings. The highest BCUT2D eigenvalue weighted by Gasteiger charge is 2.28. The van der Waals surface area contributed by atoms with Crippen molar-refractivity contribution in [2.24, 2.45) is 0 Å². The number of hydrazine groups is 1. The van der Waals surface area contributed by atoms with E-state index in [1.165, 1.54) is 6.42 Å². The van der Waals surface area contributed by atoms with Crippen molar-refractivity contribution >= 4 is 6.03 Å². The smallest absolute Gasteiger partial charge is 0.330 e. The van der Waals surface area contributed by atoms with Crippen LogP contribution in [0.1, 0.15) is 36.4 Å². The van der Waals surface area contributed by atoms with Gasteiger partial charge in [0.15, 0.2) is 0 Å². The number of piperidine rings is 1. The van der Waals surface area contributed by atoms with Crippen LogP contribution in [-0.2, 0) is 0 Å². The van der Waals surface area contributed by atoms with Crippen LogP contribution in [0.25, 0.3) is 0 Å². The number of nitrogens with zero attached hydrogens (tertiary/aromatic N) is 1. The first kappa shape index (κ1) is 15.0. The highest BCUT2D eigenvalue weighted by molar-refractivity contribution is 5.75. The minimum absolute atomic E-state index is 0.173. The van der Waals surface area contributed by atoms with Gasteiger partial charge in [-0.25, -0.2) is 9.80 Å². The van der Waals surface area contributed by atoms with Crippen molar-refractivity contribution in [1.29, 1.82) is 0 Å². The van der Waals surface area contributed by atoms with E-state index in [1.807, 2.05) is 53.5 Å². The average molecular weight is 323 g/mol. The second-order valence-corrected chi connectivity index (χ2v) is 6.24. The summed E-state index contributed by atoms with van der Waals surface area (Å²) in [7, 11) is 0. The Balaban J connectivity index is 1.56. The molecule has 5 nitrogen and oxygen atoms in total. The molecule has 2 amide bonds. The fourth-order valence-electron chi connectivity index (χ4n) is 3.38. The van der Waals surface area contributed by atoms with E-state index in [4.69, 9.17) is 4.74 Å². The highest BCUT2D eigenvalue weighted by Crippen LogP contribution is 2.42. The fraction of sp³-hybridized carbons (Fsp3) is 0.316. The van der Waals surface area contributed by atoms with E-state index in [9.17, 15) is 4.79 Å². The summed E-state index contributed by atoms with van der Waals surface area (Å²) in [6.07, 6.45) is 3.49. The molecule has 2 aromatic rings. The van der Waals surface area contributed by atoms with Crippen LogP contribution in [0.2, 0.25) is 0 Å². The summed E-state index contributed by atoms with van der Waals surface area (Å²) in [6, 6.07) is 15.3. The number of fused-ring (bicyclic) bond motifs is 2. The van der Waals surface area contributed by atoms with Crippen LogP contribution < -0.4 is 15.5 Å². The molecular weight excluding hydrogens is 302 g/mol. The van der Waals surface area contributed by atoms with Crippen LogP contribution in [0, 0.1) is 0 Å². The van der Waals surface area contributed by atoms with Crippen LogP contribution in [0.5, 0.6) is 11.5 Å². The quantitative estimate of drug-likeness (QED) is 0.888. The predicted molar refractivity (Wildman–Crippen MR) is 91.9 cm³/mol. The molecule has 0 unspecified atom stereocenters. The van der Waals surface area contributed by atoms with E-state index in [2.05, 4.69) is 10.7 Å². The van der Waals surface area contributed by atoms with Gasteiger partial charge >= 0.3 is 6.03 Å². The van der Waals surface area contributed by atoms with Gasteiger partial charge in [-0.2, -0.15) is 0 Å². The Morgan fingerprint density at radius 3 is 2.12 bits per heavy atom. The maximum absolute atomic E-state index is 12.5. The number of benzene rings is 2. The standard InChI is InChI=1S/C19H21N3O2/c23-19(21-22-12-6-1-7-13-22)20-18-14-8-2-4-10-16(14)24-17-11-5-3-9-15(17)18/h2-5,8-11,18H,1,6-7,12-13H2,(H2,20,21,23). The van der Waals surface area contributed by atoms with Crippen LogP contribution in [0.15, 0.2) is 48.5 Å². The molecule has 2 N–H and O–H groups in total. The Morgan fingerprint density at radius 2 is 1.50 bits per heavy atom. The van der Waals surface area contributed by atoms with Crippen molar-refractivity contribution in [2.75, 3.05) is 13.1 Å². The largest absolute Gasteiger partial charge is 0.457 e. The van der Waals surface area contributed by atoms with Gasteiger partial charge in [-0.05, 0) is 25.0 Å². The number of rotatable bonds is 2. The molecule has 124 valence electrons. The first-order valence-electron chi connectivity index (χ1n) is 8.49. The average Bonchev–Trinajstić information content (AvgIpc) is 2.62. The Hall–Kier alpha value is -2.53. The number of ether oxygens (including phenoxy) is 1. The van der Waals surface area contributed by atoms with Crippen LogP contribution in [0.4, 0.5) is 4.79 Å². The summed E-state index contributed by atoms with van der Waals surface area (Å²) >= 11 is 0. The molecule has 5 heteroatoms. The van der Waals surface area contributed by atoms with E-state index < -0.39 is 0 Å². The molecule has 4 rings (SSSR count). The third-order valence-corrected chi connectivity index (χ3v) is 4.57. The van der Waals surface area contributed by atoms with E-state index in [1.54, 1.807) is 0 Å². The third kappa shape index (κ3) is 2.95. The normalized spacial score (nSPS) is 17.3. The minimum atomic E-state index is -0.212. The van der Waals surface area contributed by atoms with Gasteiger partial charge in [-0.3, -0.25) is 5.43 Å². The van der Waals surface area contributed by atoms with E-state index >= 15 is 0 Å². The molecule has 24 heavy (non-hydrogen) atoms. The van der Waals surface area contributed by atoms with E-state index in [0.717, 1.165) is 48.6 Å². The molecule has 0 aromatic heterocycles. The van der Waals surface area contributed by atoms with E-state index in [-0.39, 0.29) is 12.1 Å². The SMILES string of the molecule is O=C(NC1c2ccccc2Oc2ccccc21)NN1CCCCC1. The topological polar surface area (TPSA) is 53.6 Å². The highest BCUT2D eigenvalue weighted by atomic mass is 16.5. The summed E-state index contributed by atoms with van der Waals surface area (Å²) in [5.74, 6) is 1.58. The van der Waals surface area contributed by atoms with Gasteiger partial charge in [-0.1, -0.05) is 42.8 Å². The lowest BCUT2D eigenvalue weighted by Gasteiger charge is -2.31. The number of amides is 2. The van der Waals surface area contributed by atoms with Gasteiger partial charge in [0.2, 0.25) is 0 Å². The Morgan fingerprint density at radius 1 is 0.917 bits per heavy atom. The molecule has 0 aliphatic carbocycles. The first-order valence-corrected chi connectivity index (χ1v) is 8.49. The minimum Gasteiger partial charge on any atom is -0.457 e. The van der Waals surface area contributed by atoms with Gasteiger partial charge in [-0.15, -0.1) is 0 Å². The van der Waals surface area contributed by atoms with Crippen molar-refractivity contribution in [1.82, 2.24) is 15.8 Å². The monoisotopic (exact) mass is 323 g/mol. The molecule has 1 fully saturated rings. The van der Waals surface area contributed by atoms with Crippen molar-refractivity contribution in [3.63, 3.8) is 0 Å². The number of para-hydroxylation sites is 2. The number of urea groups is 1. The lowest BCUT2D eigenvalue weighted by atomic mass is 9.95. The lowest BCUT2D eigenvalue weighted by molar-refractivity contribution is 0.153. The Kier molecular flexibility index (Phi) is 4.09. The second kappa shape index (κ2) is 6.53. The molecule has 0 bridgehead atoms. The first-order chi connectivity index (χ1) is 11.8. The maximum atomic E-state index is 12.5. The van der Waals surface area contributed by atoms with Crippen molar-refractivity contribution < 1.29 is 9.53 Å². The van der Waals surface area contributed by atoms with Crippen molar-refractivity contribution in [2.45, 2.75) is 25.3 Å². The molecule has 0 spiro atoms. The number of hydrogen-bond donors (Lipinski definition) is 2. The summed E-state index contributed by atoms with van der Waals surface area (Å²) < 4.78 is 5.96. The number of nitrogens with one attached hydrogen (secondary N) is 2. The van der Waals surface area contributed by atoms with Gasteiger partial charge < -0.3 is 10.1 Å². The molecular formula is C19H21N3O2. The van der Waals surface area contributed by atoms with Crippen molar-refractivity contribution in [3.05, 3.63) is 59.7 Å². The summed E-state index contributed by atoms with van der Waals surface area (Å²) in [6.45, 7) is 1.82. The van der Waals surface area contributed by atoms with Gasteiger partial charge in [0.25, 0.3) is 0 Å². The maximum Gasteiger partial charge on any atom is 0.330 e. The number of carbonyl (C=O) groups is 1. The molecule has 2 aromatic carbocycles. The fourth-order valence-corrected chi connectivity index (χ4v) is 3.38. The Bertz CT molecular complexity index is 695. The summed E-state index contributed by atoms with van der Waals surface area (Å²) in [5, 5.41) is 5.10. The molecule has 0 radical (unpaired) electrons. The van der Waals surface area contributed by atoms with Crippen LogP contribution in [-0.4, -0.2) is 24.1 Å². The molecule has 2 aliphatic heterocycles. The summed E-state index contributed by atoms with van der Waals surface area (Å²) in [5.41, 5.74) is 4.92. The van der Waals surface area contributed by atoms with Crippen molar-refractivity contribution in [3.8, 4) is 11.5 Å². The third-order valence-electron chi connectivity index (χ3n) is 4.57. The predicted octanol–water partition coefficient (Wildman–Crippen LogP) is 3.58. The summed E-state index contributed by atoms with van der Waals surface area (Å²) in [4.78, 5) is 12.5. The number of carbonyl (C=O) groups excluding carboxylic acids is 1. The lowest BCUT2D eigenvalue weighted by Crippen LogP contribution is -2.50. The van der Waals surface area contributed by atoms with Gasteiger partial charge in [0.1, 0.15) is 11.5 Å². The van der Waals surface area contributed by atoms with Crippen LogP contribution in [0.3, 0.4) is 0 Å².